The van der Waals surface area contributed by atoms with Gasteiger partial charge in [-0.25, -0.2) is 4.39 Å². The molecule has 1 aromatic carbocycles. The molecule has 1 aliphatic rings. The summed E-state index contributed by atoms with van der Waals surface area (Å²) in [7, 11) is 2.14. The molecule has 5 heteroatoms. The van der Waals surface area contributed by atoms with Crippen molar-refractivity contribution in [2.24, 2.45) is 5.73 Å². The Morgan fingerprint density at radius 3 is 2.85 bits per heavy atom. The zero-order valence-electron chi connectivity index (χ0n) is 12.2. The second-order valence-electron chi connectivity index (χ2n) is 5.47. The van der Waals surface area contributed by atoms with Crippen molar-refractivity contribution in [2.45, 2.75) is 25.9 Å². The van der Waals surface area contributed by atoms with Crippen molar-refractivity contribution in [3.05, 3.63) is 35.1 Å². The Morgan fingerprint density at radius 1 is 1.45 bits per heavy atom. The highest BCUT2D eigenvalue weighted by Gasteiger charge is 2.23. The Hall–Kier alpha value is -1.46. The molecular formula is C15H23FN4. The number of hydrogen-bond acceptors (Lipinski definition) is 3. The molecule has 1 aliphatic heterocycles. The molecule has 0 spiro atoms. The average Bonchev–Trinajstić information content (AvgIpc) is 2.42. The first-order valence-corrected chi connectivity index (χ1v) is 7.07. The molecule has 110 valence electrons. The molecule has 0 aromatic heterocycles. The Bertz CT molecular complexity index is 489. The van der Waals surface area contributed by atoms with Crippen LogP contribution < -0.4 is 5.73 Å². The van der Waals surface area contributed by atoms with Gasteiger partial charge in [-0.15, -0.1) is 0 Å². The lowest BCUT2D eigenvalue weighted by Crippen LogP contribution is -2.50. The maximum Gasteiger partial charge on any atom is 0.138 e. The standard InChI is InChI=1S/C15H23FN4/c1-3-12-10-20(8-7-19(12)2)9-11-5-4-6-13(14(11)16)15(17)18/h4-6,12H,3,7-10H2,1-2H3,(H3,17,18). The van der Waals surface area contributed by atoms with Gasteiger partial charge in [0.2, 0.25) is 0 Å². The quantitative estimate of drug-likeness (QED) is 0.650. The molecule has 0 aliphatic carbocycles. The summed E-state index contributed by atoms with van der Waals surface area (Å²) in [6, 6.07) is 5.63. The van der Waals surface area contributed by atoms with Crippen molar-refractivity contribution in [3.8, 4) is 0 Å². The lowest BCUT2D eigenvalue weighted by molar-refractivity contribution is 0.0876. The van der Waals surface area contributed by atoms with E-state index in [2.05, 4.69) is 23.8 Å². The van der Waals surface area contributed by atoms with Crippen LogP contribution in [0.3, 0.4) is 0 Å². The minimum absolute atomic E-state index is 0.198. The number of benzene rings is 1. The Kier molecular flexibility index (Phi) is 4.73. The van der Waals surface area contributed by atoms with Crippen molar-refractivity contribution < 1.29 is 4.39 Å². The number of amidine groups is 1. The lowest BCUT2D eigenvalue weighted by atomic mass is 10.1. The van der Waals surface area contributed by atoms with Crippen molar-refractivity contribution >= 4 is 5.84 Å². The van der Waals surface area contributed by atoms with Crippen LogP contribution in [-0.4, -0.2) is 48.4 Å². The number of nitrogens with two attached hydrogens (primary N) is 1. The van der Waals surface area contributed by atoms with Crippen LogP contribution in [-0.2, 0) is 6.54 Å². The van der Waals surface area contributed by atoms with Crippen LogP contribution in [0.5, 0.6) is 0 Å². The van der Waals surface area contributed by atoms with E-state index in [9.17, 15) is 4.39 Å². The predicted octanol–water partition coefficient (Wildman–Crippen LogP) is 1.64. The minimum atomic E-state index is -0.355. The number of nitrogens with one attached hydrogen (secondary N) is 1. The molecular weight excluding hydrogens is 255 g/mol. The number of piperazine rings is 1. The van der Waals surface area contributed by atoms with Gasteiger partial charge < -0.3 is 10.6 Å². The van der Waals surface area contributed by atoms with Crippen molar-refractivity contribution in [3.63, 3.8) is 0 Å². The third kappa shape index (κ3) is 3.16. The fourth-order valence-corrected chi connectivity index (χ4v) is 2.75. The smallest absolute Gasteiger partial charge is 0.138 e. The largest absolute Gasteiger partial charge is 0.384 e. The van der Waals surface area contributed by atoms with Crippen LogP contribution in [0.25, 0.3) is 0 Å². The molecule has 1 fully saturated rings. The van der Waals surface area contributed by atoms with Crippen molar-refractivity contribution in [1.29, 1.82) is 5.41 Å². The summed E-state index contributed by atoms with van der Waals surface area (Å²) in [6.07, 6.45) is 1.10. The maximum absolute atomic E-state index is 14.3. The topological polar surface area (TPSA) is 56.4 Å². The third-order valence-electron chi connectivity index (χ3n) is 4.10. The monoisotopic (exact) mass is 278 g/mol. The van der Waals surface area contributed by atoms with E-state index in [1.807, 2.05) is 0 Å². The lowest BCUT2D eigenvalue weighted by Gasteiger charge is -2.39. The molecule has 3 N–H and O–H groups in total. The van der Waals surface area contributed by atoms with E-state index in [1.54, 1.807) is 18.2 Å². The van der Waals surface area contributed by atoms with Gasteiger partial charge in [-0.1, -0.05) is 19.1 Å². The van der Waals surface area contributed by atoms with E-state index in [-0.39, 0.29) is 17.2 Å². The number of nitrogen functional groups attached to an aromatic ring is 1. The zero-order chi connectivity index (χ0) is 14.7. The molecule has 2 rings (SSSR count). The SMILES string of the molecule is CCC1CN(Cc2cccc(C(=N)N)c2F)CCN1C. The van der Waals surface area contributed by atoms with Gasteiger partial charge in [0, 0.05) is 37.8 Å². The minimum Gasteiger partial charge on any atom is -0.384 e. The predicted molar refractivity (Wildman–Crippen MR) is 79.4 cm³/mol. The second-order valence-corrected chi connectivity index (χ2v) is 5.47. The van der Waals surface area contributed by atoms with Crippen LogP contribution in [0, 0.1) is 11.2 Å². The van der Waals surface area contributed by atoms with E-state index in [0.29, 0.717) is 18.2 Å². The van der Waals surface area contributed by atoms with Gasteiger partial charge in [0.15, 0.2) is 0 Å². The van der Waals surface area contributed by atoms with Crippen LogP contribution in [0.15, 0.2) is 18.2 Å². The number of halogens is 1. The van der Waals surface area contributed by atoms with Gasteiger partial charge in [-0.3, -0.25) is 10.3 Å². The number of rotatable bonds is 4. The summed E-state index contributed by atoms with van der Waals surface area (Å²) in [5, 5.41) is 7.40. The average molecular weight is 278 g/mol. The third-order valence-corrected chi connectivity index (χ3v) is 4.10. The van der Waals surface area contributed by atoms with Gasteiger partial charge in [-0.05, 0) is 19.5 Å². The summed E-state index contributed by atoms with van der Waals surface area (Å²) in [4.78, 5) is 4.63. The highest BCUT2D eigenvalue weighted by Crippen LogP contribution is 2.18. The molecule has 1 unspecified atom stereocenters. The normalized spacial score (nSPS) is 21.1. The van der Waals surface area contributed by atoms with E-state index < -0.39 is 0 Å². The first-order chi connectivity index (χ1) is 9.52. The molecule has 1 heterocycles. The van der Waals surface area contributed by atoms with Crippen LogP contribution in [0.4, 0.5) is 4.39 Å². The molecule has 0 amide bonds. The van der Waals surface area contributed by atoms with E-state index in [4.69, 9.17) is 11.1 Å². The Balaban J connectivity index is 2.11. The molecule has 0 radical (unpaired) electrons. The molecule has 1 aromatic rings. The van der Waals surface area contributed by atoms with Gasteiger partial charge in [0.1, 0.15) is 11.7 Å². The summed E-state index contributed by atoms with van der Waals surface area (Å²) in [5.41, 5.74) is 6.22. The highest BCUT2D eigenvalue weighted by atomic mass is 19.1. The number of hydrogen-bond donors (Lipinski definition) is 2. The number of likely N-dealkylation sites (N-methyl/N-ethyl adjacent to an activating group) is 1. The van der Waals surface area contributed by atoms with E-state index in [1.165, 1.54) is 0 Å². The Morgan fingerprint density at radius 2 is 2.20 bits per heavy atom. The fourth-order valence-electron chi connectivity index (χ4n) is 2.75. The zero-order valence-corrected chi connectivity index (χ0v) is 12.2. The van der Waals surface area contributed by atoms with Crippen molar-refractivity contribution in [2.75, 3.05) is 26.7 Å². The molecule has 1 saturated heterocycles. The van der Waals surface area contributed by atoms with Crippen LogP contribution in [0.1, 0.15) is 24.5 Å². The van der Waals surface area contributed by atoms with Gasteiger partial charge in [0.05, 0.1) is 5.56 Å². The molecule has 20 heavy (non-hydrogen) atoms. The van der Waals surface area contributed by atoms with Crippen LogP contribution >= 0.6 is 0 Å². The Labute approximate surface area is 119 Å². The second kappa shape index (κ2) is 6.33. The van der Waals surface area contributed by atoms with E-state index >= 15 is 0 Å². The van der Waals surface area contributed by atoms with Gasteiger partial charge >= 0.3 is 0 Å². The van der Waals surface area contributed by atoms with Crippen molar-refractivity contribution in [1.82, 2.24) is 9.80 Å². The summed E-state index contributed by atoms with van der Waals surface area (Å²) >= 11 is 0. The first kappa shape index (κ1) is 14.9. The molecule has 0 bridgehead atoms. The van der Waals surface area contributed by atoms with Gasteiger partial charge in [-0.2, -0.15) is 0 Å². The summed E-state index contributed by atoms with van der Waals surface area (Å²) < 4.78 is 14.3. The number of nitrogens with zero attached hydrogens (tertiary/aromatic N) is 2. The summed E-state index contributed by atoms with van der Waals surface area (Å²) in [5.74, 6) is -0.568. The highest BCUT2D eigenvalue weighted by molar-refractivity contribution is 5.95. The summed E-state index contributed by atoms with van der Waals surface area (Å²) in [6.45, 7) is 5.67. The maximum atomic E-state index is 14.3. The van der Waals surface area contributed by atoms with E-state index in [0.717, 1.165) is 26.1 Å². The van der Waals surface area contributed by atoms with Gasteiger partial charge in [0.25, 0.3) is 0 Å². The molecule has 0 saturated carbocycles. The molecule has 4 nitrogen and oxygen atoms in total. The molecule has 1 atom stereocenters. The fraction of sp³-hybridized carbons (Fsp3) is 0.533. The van der Waals surface area contributed by atoms with Crippen LogP contribution in [0.2, 0.25) is 0 Å². The first-order valence-electron chi connectivity index (χ1n) is 7.07.